The molecule has 0 fully saturated rings. The molecule has 0 aromatic heterocycles. The number of nitrogens with zero attached hydrogens (tertiary/aromatic N) is 1. The molecule has 0 atom stereocenters. The summed E-state index contributed by atoms with van der Waals surface area (Å²) in [5.41, 5.74) is 4.59. The lowest BCUT2D eigenvalue weighted by atomic mass is 9.87. The van der Waals surface area contributed by atoms with Crippen molar-refractivity contribution in [1.82, 2.24) is 0 Å². The fraction of sp³-hybridized carbons (Fsp3) is 0.316. The van der Waals surface area contributed by atoms with Crippen molar-refractivity contribution in [3.63, 3.8) is 0 Å². The first-order valence-corrected chi connectivity index (χ1v) is 7.72. The molecule has 2 rings (SSSR count). The molecule has 0 spiro atoms. The highest BCUT2D eigenvalue weighted by molar-refractivity contribution is 6.69. The summed E-state index contributed by atoms with van der Waals surface area (Å²) in [6.07, 6.45) is 1.03. The standard InChI is InChI=1S/C19H22ClN/c1-5-14-6-12-17(13-7-14)21-18(20)15-8-10-16(11-9-15)19(2,3)4/h6-13H,5H2,1-4H3. The minimum absolute atomic E-state index is 0.151. The van der Waals surface area contributed by atoms with E-state index in [1.165, 1.54) is 11.1 Å². The van der Waals surface area contributed by atoms with E-state index in [0.717, 1.165) is 17.7 Å². The summed E-state index contributed by atoms with van der Waals surface area (Å²) < 4.78 is 0. The third-order valence-corrected chi connectivity index (χ3v) is 3.86. The van der Waals surface area contributed by atoms with Crippen LogP contribution in [-0.4, -0.2) is 5.17 Å². The maximum absolute atomic E-state index is 6.33. The SMILES string of the molecule is CCc1ccc(N=C(Cl)c2ccc(C(C)(C)C)cc2)cc1. The number of hydrogen-bond acceptors (Lipinski definition) is 1. The quantitative estimate of drug-likeness (QED) is 0.629. The van der Waals surface area contributed by atoms with Crippen molar-refractivity contribution < 1.29 is 0 Å². The second-order valence-corrected chi connectivity index (χ2v) is 6.61. The van der Waals surface area contributed by atoms with E-state index in [1.54, 1.807) is 0 Å². The molecule has 1 nitrogen and oxygen atoms in total. The molecule has 0 aliphatic carbocycles. The molecule has 0 saturated heterocycles. The molecule has 2 aromatic carbocycles. The summed E-state index contributed by atoms with van der Waals surface area (Å²) in [5.74, 6) is 0. The Bertz CT molecular complexity index is 616. The molecule has 0 amide bonds. The van der Waals surface area contributed by atoms with E-state index in [-0.39, 0.29) is 5.41 Å². The zero-order chi connectivity index (χ0) is 15.5. The first kappa shape index (κ1) is 15.8. The second-order valence-electron chi connectivity index (χ2n) is 6.25. The minimum atomic E-state index is 0.151. The van der Waals surface area contributed by atoms with Gasteiger partial charge in [-0.05, 0) is 35.1 Å². The number of rotatable bonds is 3. The Kier molecular flexibility index (Phi) is 4.84. The largest absolute Gasteiger partial charge is 0.236 e. The summed E-state index contributed by atoms with van der Waals surface area (Å²) in [6.45, 7) is 8.75. The average molecular weight is 300 g/mol. The average Bonchev–Trinajstić information content (AvgIpc) is 2.47. The fourth-order valence-electron chi connectivity index (χ4n) is 2.09. The Morgan fingerprint density at radius 2 is 1.52 bits per heavy atom. The lowest BCUT2D eigenvalue weighted by Crippen LogP contribution is -2.10. The van der Waals surface area contributed by atoms with Gasteiger partial charge in [-0.1, -0.05) is 75.7 Å². The number of hydrogen-bond donors (Lipinski definition) is 0. The summed E-state index contributed by atoms with van der Waals surface area (Å²) in [5, 5.41) is 0.528. The van der Waals surface area contributed by atoms with Gasteiger partial charge in [-0.3, -0.25) is 0 Å². The van der Waals surface area contributed by atoms with E-state index < -0.39 is 0 Å². The highest BCUT2D eigenvalue weighted by Gasteiger charge is 2.13. The van der Waals surface area contributed by atoms with Gasteiger partial charge in [-0.25, -0.2) is 4.99 Å². The van der Waals surface area contributed by atoms with Gasteiger partial charge in [0.2, 0.25) is 0 Å². The molecule has 0 saturated carbocycles. The van der Waals surface area contributed by atoms with Gasteiger partial charge in [0.15, 0.2) is 0 Å². The topological polar surface area (TPSA) is 12.4 Å². The van der Waals surface area contributed by atoms with Crippen LogP contribution in [0.15, 0.2) is 53.5 Å². The maximum atomic E-state index is 6.33. The predicted molar refractivity (Wildman–Crippen MR) is 93.0 cm³/mol. The van der Waals surface area contributed by atoms with Crippen LogP contribution in [0.2, 0.25) is 0 Å². The zero-order valence-corrected chi connectivity index (χ0v) is 13.9. The van der Waals surface area contributed by atoms with Gasteiger partial charge in [0.1, 0.15) is 5.17 Å². The molecule has 0 N–H and O–H groups in total. The first-order valence-electron chi connectivity index (χ1n) is 7.34. The molecule has 21 heavy (non-hydrogen) atoms. The molecule has 0 radical (unpaired) electrons. The highest BCUT2D eigenvalue weighted by atomic mass is 35.5. The van der Waals surface area contributed by atoms with Gasteiger partial charge in [0.25, 0.3) is 0 Å². The maximum Gasteiger partial charge on any atom is 0.136 e. The third kappa shape index (κ3) is 4.18. The molecule has 2 heteroatoms. The highest BCUT2D eigenvalue weighted by Crippen LogP contribution is 2.23. The summed E-state index contributed by atoms with van der Waals surface area (Å²) in [7, 11) is 0. The first-order chi connectivity index (χ1) is 9.90. The number of aryl methyl sites for hydroxylation is 1. The lowest BCUT2D eigenvalue weighted by Gasteiger charge is -2.18. The Morgan fingerprint density at radius 1 is 0.952 bits per heavy atom. The van der Waals surface area contributed by atoms with Gasteiger partial charge in [0.05, 0.1) is 5.69 Å². The smallest absolute Gasteiger partial charge is 0.136 e. The lowest BCUT2D eigenvalue weighted by molar-refractivity contribution is 0.590. The van der Waals surface area contributed by atoms with Crippen molar-refractivity contribution in [2.24, 2.45) is 4.99 Å². The van der Waals surface area contributed by atoms with Crippen molar-refractivity contribution in [3.05, 3.63) is 65.2 Å². The van der Waals surface area contributed by atoms with Crippen LogP contribution in [0.4, 0.5) is 5.69 Å². The minimum Gasteiger partial charge on any atom is -0.236 e. The van der Waals surface area contributed by atoms with Gasteiger partial charge >= 0.3 is 0 Å². The summed E-state index contributed by atoms with van der Waals surface area (Å²) in [4.78, 5) is 4.48. The molecule has 0 unspecified atom stereocenters. The van der Waals surface area contributed by atoms with Crippen LogP contribution >= 0.6 is 11.6 Å². The molecular weight excluding hydrogens is 278 g/mol. The Morgan fingerprint density at radius 3 is 2.00 bits per heavy atom. The van der Waals surface area contributed by atoms with Crippen LogP contribution in [0, 0.1) is 0 Å². The van der Waals surface area contributed by atoms with Crippen LogP contribution in [0.3, 0.4) is 0 Å². The normalized spacial score (nSPS) is 12.5. The van der Waals surface area contributed by atoms with E-state index >= 15 is 0 Å². The molecule has 0 heterocycles. The monoisotopic (exact) mass is 299 g/mol. The molecule has 0 bridgehead atoms. The molecule has 2 aromatic rings. The molecule has 0 aliphatic heterocycles. The van der Waals surface area contributed by atoms with Crippen molar-refractivity contribution in [2.75, 3.05) is 0 Å². The summed E-state index contributed by atoms with van der Waals surface area (Å²) in [6, 6.07) is 16.5. The van der Waals surface area contributed by atoms with Gasteiger partial charge in [-0.2, -0.15) is 0 Å². The van der Waals surface area contributed by atoms with Crippen molar-refractivity contribution in [2.45, 2.75) is 39.5 Å². The second kappa shape index (κ2) is 6.44. The van der Waals surface area contributed by atoms with Crippen LogP contribution < -0.4 is 0 Å². The van der Waals surface area contributed by atoms with Gasteiger partial charge in [-0.15, -0.1) is 0 Å². The number of aliphatic imine (C=N–C) groups is 1. The molecule has 0 aliphatic rings. The van der Waals surface area contributed by atoms with Crippen LogP contribution in [0.25, 0.3) is 0 Å². The van der Waals surface area contributed by atoms with Crippen molar-refractivity contribution in [3.8, 4) is 0 Å². The van der Waals surface area contributed by atoms with E-state index in [4.69, 9.17) is 11.6 Å². The Labute approximate surface area is 132 Å². The van der Waals surface area contributed by atoms with Crippen LogP contribution in [0.1, 0.15) is 44.4 Å². The predicted octanol–water partition coefficient (Wildman–Crippen LogP) is 5.86. The van der Waals surface area contributed by atoms with E-state index in [0.29, 0.717) is 5.17 Å². The number of benzene rings is 2. The van der Waals surface area contributed by atoms with Gasteiger partial charge < -0.3 is 0 Å². The van der Waals surface area contributed by atoms with Crippen molar-refractivity contribution >= 4 is 22.5 Å². The Hall–Kier alpha value is -1.60. The van der Waals surface area contributed by atoms with E-state index in [9.17, 15) is 0 Å². The van der Waals surface area contributed by atoms with Gasteiger partial charge in [0, 0.05) is 5.56 Å². The van der Waals surface area contributed by atoms with Crippen LogP contribution in [0.5, 0.6) is 0 Å². The summed E-state index contributed by atoms with van der Waals surface area (Å²) >= 11 is 6.33. The number of halogens is 1. The third-order valence-electron chi connectivity index (χ3n) is 3.56. The van der Waals surface area contributed by atoms with E-state index in [1.807, 2.05) is 24.3 Å². The molecular formula is C19H22ClN. The fourth-order valence-corrected chi connectivity index (χ4v) is 2.32. The van der Waals surface area contributed by atoms with Crippen LogP contribution in [-0.2, 0) is 11.8 Å². The molecule has 110 valence electrons. The zero-order valence-electron chi connectivity index (χ0n) is 13.2. The Balaban J connectivity index is 2.22. The van der Waals surface area contributed by atoms with Crippen molar-refractivity contribution in [1.29, 1.82) is 0 Å². The van der Waals surface area contributed by atoms with E-state index in [2.05, 4.69) is 57.0 Å².